The summed E-state index contributed by atoms with van der Waals surface area (Å²) in [5, 5.41) is 11.5. The van der Waals surface area contributed by atoms with Gasteiger partial charge in [-0.3, -0.25) is 4.98 Å². The van der Waals surface area contributed by atoms with Crippen LogP contribution in [0.4, 0.5) is 4.39 Å². The Labute approximate surface area is 116 Å². The van der Waals surface area contributed by atoms with Crippen LogP contribution in [-0.4, -0.2) is 10.1 Å². The van der Waals surface area contributed by atoms with Crippen molar-refractivity contribution in [1.82, 2.24) is 4.98 Å². The molecule has 1 atom stereocenters. The molecule has 3 rings (SSSR count). The lowest BCUT2D eigenvalue weighted by molar-refractivity contribution is 0.221. The number of nitrogens with zero attached hydrogens (tertiary/aromatic N) is 1. The average Bonchev–Trinajstić information content (AvgIpc) is 2.49. The number of fused-ring (bicyclic) bond motifs is 1. The molecule has 20 heavy (non-hydrogen) atoms. The van der Waals surface area contributed by atoms with E-state index < -0.39 is 6.10 Å². The van der Waals surface area contributed by atoms with E-state index in [1.807, 2.05) is 30.3 Å². The maximum absolute atomic E-state index is 13.3. The highest BCUT2D eigenvalue weighted by atomic mass is 19.1. The SMILES string of the molecule is Cc1cc(C(O)c2cccc3cccnc23)ccc1F. The first kappa shape index (κ1) is 12.8. The number of halogens is 1. The largest absolute Gasteiger partial charge is 0.384 e. The van der Waals surface area contributed by atoms with Crippen LogP contribution in [0.1, 0.15) is 22.8 Å². The number of hydrogen-bond donors (Lipinski definition) is 1. The highest BCUT2D eigenvalue weighted by Gasteiger charge is 2.15. The van der Waals surface area contributed by atoms with Gasteiger partial charge in [-0.1, -0.05) is 36.4 Å². The quantitative estimate of drug-likeness (QED) is 0.766. The summed E-state index contributed by atoms with van der Waals surface area (Å²) in [6, 6.07) is 14.2. The second-order valence-electron chi connectivity index (χ2n) is 4.83. The number of aliphatic hydroxyl groups excluding tert-OH is 1. The summed E-state index contributed by atoms with van der Waals surface area (Å²) < 4.78 is 13.3. The number of pyridine rings is 1. The number of aliphatic hydroxyl groups is 1. The third-order valence-electron chi connectivity index (χ3n) is 3.46. The van der Waals surface area contributed by atoms with E-state index >= 15 is 0 Å². The number of benzene rings is 2. The molecule has 3 aromatic rings. The molecule has 2 nitrogen and oxygen atoms in total. The summed E-state index contributed by atoms with van der Waals surface area (Å²) in [6.07, 6.45) is 0.891. The van der Waals surface area contributed by atoms with E-state index in [-0.39, 0.29) is 5.82 Å². The number of aryl methyl sites for hydroxylation is 1. The number of rotatable bonds is 2. The van der Waals surface area contributed by atoms with E-state index in [0.29, 0.717) is 11.1 Å². The summed E-state index contributed by atoms with van der Waals surface area (Å²) in [4.78, 5) is 4.33. The van der Waals surface area contributed by atoms with Crippen LogP contribution in [0.5, 0.6) is 0 Å². The van der Waals surface area contributed by atoms with Gasteiger partial charge in [0.05, 0.1) is 5.52 Å². The molecular formula is C17H14FNO. The molecule has 1 N–H and O–H groups in total. The predicted octanol–water partition coefficient (Wildman–Crippen LogP) is 3.76. The van der Waals surface area contributed by atoms with Gasteiger partial charge in [0.1, 0.15) is 11.9 Å². The maximum atomic E-state index is 13.3. The molecule has 0 bridgehead atoms. The van der Waals surface area contributed by atoms with Gasteiger partial charge < -0.3 is 5.11 Å². The molecule has 3 heteroatoms. The van der Waals surface area contributed by atoms with Crippen molar-refractivity contribution in [2.75, 3.05) is 0 Å². The predicted molar refractivity (Wildman–Crippen MR) is 76.9 cm³/mol. The molecule has 1 heterocycles. The van der Waals surface area contributed by atoms with Gasteiger partial charge in [0, 0.05) is 17.1 Å². The van der Waals surface area contributed by atoms with Crippen LogP contribution < -0.4 is 0 Å². The van der Waals surface area contributed by atoms with E-state index in [1.165, 1.54) is 6.07 Å². The van der Waals surface area contributed by atoms with Crippen LogP contribution in [-0.2, 0) is 0 Å². The molecule has 0 aliphatic carbocycles. The summed E-state index contributed by atoms with van der Waals surface area (Å²) in [5.41, 5.74) is 2.69. The minimum Gasteiger partial charge on any atom is -0.384 e. The van der Waals surface area contributed by atoms with Crippen molar-refractivity contribution in [3.63, 3.8) is 0 Å². The standard InChI is InChI=1S/C17H14FNO/c1-11-10-13(7-8-15(11)18)17(20)14-6-2-4-12-5-3-9-19-16(12)14/h2-10,17,20H,1H3. The minimum atomic E-state index is -0.812. The highest BCUT2D eigenvalue weighted by Crippen LogP contribution is 2.28. The lowest BCUT2D eigenvalue weighted by Crippen LogP contribution is -2.02. The summed E-state index contributed by atoms with van der Waals surface area (Å²) >= 11 is 0. The van der Waals surface area contributed by atoms with Crippen LogP contribution in [0, 0.1) is 12.7 Å². The fraction of sp³-hybridized carbons (Fsp3) is 0.118. The van der Waals surface area contributed by atoms with Crippen LogP contribution >= 0.6 is 0 Å². The molecule has 100 valence electrons. The van der Waals surface area contributed by atoms with Crippen LogP contribution in [0.15, 0.2) is 54.7 Å². The van der Waals surface area contributed by atoms with Crippen molar-refractivity contribution in [2.45, 2.75) is 13.0 Å². The second kappa shape index (κ2) is 5.02. The van der Waals surface area contributed by atoms with E-state index in [0.717, 1.165) is 16.5 Å². The fourth-order valence-electron chi connectivity index (χ4n) is 2.37. The zero-order valence-corrected chi connectivity index (χ0v) is 11.0. The molecule has 0 aliphatic rings. The zero-order chi connectivity index (χ0) is 14.1. The summed E-state index contributed by atoms with van der Waals surface area (Å²) in [7, 11) is 0. The molecule has 0 saturated heterocycles. The molecule has 1 unspecified atom stereocenters. The fourth-order valence-corrected chi connectivity index (χ4v) is 2.37. The Kier molecular flexibility index (Phi) is 3.20. The maximum Gasteiger partial charge on any atom is 0.126 e. The Morgan fingerprint density at radius 3 is 2.70 bits per heavy atom. The Balaban J connectivity index is 2.12. The van der Waals surface area contributed by atoms with Crippen LogP contribution in [0.3, 0.4) is 0 Å². The lowest BCUT2D eigenvalue weighted by atomic mass is 9.97. The van der Waals surface area contributed by atoms with Gasteiger partial charge in [0.25, 0.3) is 0 Å². The molecule has 0 radical (unpaired) electrons. The van der Waals surface area contributed by atoms with E-state index in [1.54, 1.807) is 25.3 Å². The van der Waals surface area contributed by atoms with Gasteiger partial charge in [-0.15, -0.1) is 0 Å². The highest BCUT2D eigenvalue weighted by molar-refractivity contribution is 5.82. The molecule has 0 amide bonds. The molecule has 0 spiro atoms. The van der Waals surface area contributed by atoms with Crippen molar-refractivity contribution < 1.29 is 9.50 Å². The minimum absolute atomic E-state index is 0.267. The van der Waals surface area contributed by atoms with E-state index in [9.17, 15) is 9.50 Å². The zero-order valence-electron chi connectivity index (χ0n) is 11.0. The van der Waals surface area contributed by atoms with Crippen LogP contribution in [0.2, 0.25) is 0 Å². The van der Waals surface area contributed by atoms with E-state index in [4.69, 9.17) is 0 Å². The Morgan fingerprint density at radius 1 is 1.10 bits per heavy atom. The monoisotopic (exact) mass is 267 g/mol. The van der Waals surface area contributed by atoms with Crippen molar-refractivity contribution in [3.05, 3.63) is 77.2 Å². The normalized spacial score (nSPS) is 12.6. The van der Waals surface area contributed by atoms with Crippen molar-refractivity contribution >= 4 is 10.9 Å². The first-order valence-corrected chi connectivity index (χ1v) is 6.44. The molecule has 1 aromatic heterocycles. The number of hydrogen-bond acceptors (Lipinski definition) is 2. The van der Waals surface area contributed by atoms with Gasteiger partial charge in [-0.2, -0.15) is 0 Å². The topological polar surface area (TPSA) is 33.1 Å². The Bertz CT molecular complexity index is 765. The average molecular weight is 267 g/mol. The van der Waals surface area contributed by atoms with Gasteiger partial charge in [0.15, 0.2) is 0 Å². The van der Waals surface area contributed by atoms with Crippen molar-refractivity contribution in [1.29, 1.82) is 0 Å². The summed E-state index contributed by atoms with van der Waals surface area (Å²) in [6.45, 7) is 1.69. The third-order valence-corrected chi connectivity index (χ3v) is 3.46. The smallest absolute Gasteiger partial charge is 0.126 e. The van der Waals surface area contributed by atoms with Crippen LogP contribution in [0.25, 0.3) is 10.9 Å². The van der Waals surface area contributed by atoms with Gasteiger partial charge >= 0.3 is 0 Å². The van der Waals surface area contributed by atoms with Gasteiger partial charge in [0.2, 0.25) is 0 Å². The molecule has 0 aliphatic heterocycles. The van der Waals surface area contributed by atoms with Crippen molar-refractivity contribution in [3.8, 4) is 0 Å². The first-order chi connectivity index (χ1) is 9.66. The Hall–Kier alpha value is -2.26. The summed E-state index contributed by atoms with van der Waals surface area (Å²) in [5.74, 6) is -0.267. The number of aromatic nitrogens is 1. The lowest BCUT2D eigenvalue weighted by Gasteiger charge is -2.14. The first-order valence-electron chi connectivity index (χ1n) is 6.44. The van der Waals surface area contributed by atoms with Gasteiger partial charge in [-0.25, -0.2) is 4.39 Å². The Morgan fingerprint density at radius 2 is 1.90 bits per heavy atom. The second-order valence-corrected chi connectivity index (χ2v) is 4.83. The number of para-hydroxylation sites is 1. The molecule has 0 saturated carbocycles. The van der Waals surface area contributed by atoms with Crippen molar-refractivity contribution in [2.24, 2.45) is 0 Å². The van der Waals surface area contributed by atoms with Gasteiger partial charge in [-0.05, 0) is 30.2 Å². The third kappa shape index (κ3) is 2.17. The molecule has 0 fully saturated rings. The molecule has 2 aromatic carbocycles. The molecular weight excluding hydrogens is 253 g/mol. The van der Waals surface area contributed by atoms with E-state index in [2.05, 4.69) is 4.98 Å².